The molecule has 1 aromatic carbocycles. The fourth-order valence-corrected chi connectivity index (χ4v) is 1.90. The van der Waals surface area contributed by atoms with Gasteiger partial charge >= 0.3 is 18.1 Å². The second-order valence-electron chi connectivity index (χ2n) is 5.04. The molecule has 0 atom stereocenters. The third kappa shape index (κ3) is 5.59. The normalized spacial score (nSPS) is 10.9. The van der Waals surface area contributed by atoms with Crippen molar-refractivity contribution in [2.24, 2.45) is 0 Å². The number of carbonyl (C=O) groups excluding carboxylic acids is 2. The average molecular weight is 385 g/mol. The number of alkyl halides is 3. The molecule has 2 rings (SSSR count). The molecule has 1 heterocycles. The first-order valence-electron chi connectivity index (χ1n) is 7.37. The summed E-state index contributed by atoms with van der Waals surface area (Å²) in [6.07, 6.45) is -3.48. The van der Waals surface area contributed by atoms with Crippen molar-refractivity contribution in [1.82, 2.24) is 4.98 Å². The first-order chi connectivity index (χ1) is 12.7. The van der Waals surface area contributed by atoms with E-state index in [0.717, 1.165) is 12.3 Å². The number of pyridine rings is 1. The molecule has 0 spiro atoms. The van der Waals surface area contributed by atoms with E-state index in [4.69, 9.17) is 9.47 Å². The van der Waals surface area contributed by atoms with Crippen LogP contribution in [0.4, 0.5) is 13.2 Å². The van der Waals surface area contributed by atoms with Crippen LogP contribution in [-0.4, -0.2) is 43.9 Å². The highest BCUT2D eigenvalue weighted by atomic mass is 19.4. The number of esters is 2. The van der Waals surface area contributed by atoms with Gasteiger partial charge in [0.15, 0.2) is 18.1 Å². The topological polar surface area (TPSA) is 84.0 Å². The van der Waals surface area contributed by atoms with E-state index in [2.05, 4.69) is 14.5 Å². The number of hydrogen-bond donors (Lipinski definition) is 0. The number of hydrogen-bond acceptors (Lipinski definition) is 7. The fraction of sp³-hybridized carbons (Fsp3) is 0.235. The highest BCUT2D eigenvalue weighted by Gasteiger charge is 2.28. The lowest BCUT2D eigenvalue weighted by molar-refractivity contribution is -0.154. The number of nitrogens with zero attached hydrogens (tertiary/aromatic N) is 1. The minimum Gasteiger partial charge on any atom is -0.493 e. The van der Waals surface area contributed by atoms with E-state index < -0.39 is 24.7 Å². The van der Waals surface area contributed by atoms with Crippen LogP contribution in [0.15, 0.2) is 36.5 Å². The summed E-state index contributed by atoms with van der Waals surface area (Å²) in [4.78, 5) is 27.3. The maximum atomic E-state index is 12.2. The summed E-state index contributed by atoms with van der Waals surface area (Å²) in [5.41, 5.74) is 0.176. The molecule has 144 valence electrons. The Bertz CT molecular complexity index is 820. The molecule has 10 heteroatoms. The van der Waals surface area contributed by atoms with Gasteiger partial charge in [0.05, 0.1) is 25.3 Å². The Balaban J connectivity index is 2.09. The quantitative estimate of drug-likeness (QED) is 0.558. The maximum Gasteiger partial charge on any atom is 0.422 e. The first kappa shape index (κ1) is 20.0. The van der Waals surface area contributed by atoms with Gasteiger partial charge in [-0.25, -0.2) is 14.6 Å². The van der Waals surface area contributed by atoms with E-state index in [-0.39, 0.29) is 28.5 Å². The highest BCUT2D eigenvalue weighted by Crippen LogP contribution is 2.29. The van der Waals surface area contributed by atoms with Crippen molar-refractivity contribution in [2.45, 2.75) is 6.18 Å². The molecule has 0 radical (unpaired) electrons. The van der Waals surface area contributed by atoms with Gasteiger partial charge in [-0.1, -0.05) is 0 Å². The summed E-state index contributed by atoms with van der Waals surface area (Å²) in [6.45, 7) is -1.49. The number of halogens is 3. The van der Waals surface area contributed by atoms with Crippen molar-refractivity contribution in [1.29, 1.82) is 0 Å². The largest absolute Gasteiger partial charge is 0.493 e. The van der Waals surface area contributed by atoms with Crippen LogP contribution >= 0.6 is 0 Å². The first-order valence-corrected chi connectivity index (χ1v) is 7.37. The molecule has 7 nitrogen and oxygen atoms in total. The SMILES string of the molecule is COC(=O)c1ccc(OC(=O)c2ccc(OCC(F)(F)F)nc2)c(OC)c1. The van der Waals surface area contributed by atoms with E-state index in [1.165, 1.54) is 38.5 Å². The summed E-state index contributed by atoms with van der Waals surface area (Å²) in [6, 6.07) is 6.37. The molecule has 0 aliphatic rings. The molecule has 0 aliphatic carbocycles. The van der Waals surface area contributed by atoms with Gasteiger partial charge in [0.1, 0.15) is 0 Å². The third-order valence-electron chi connectivity index (χ3n) is 3.14. The van der Waals surface area contributed by atoms with E-state index in [9.17, 15) is 22.8 Å². The Hall–Kier alpha value is -3.30. The monoisotopic (exact) mass is 385 g/mol. The Labute approximate surface area is 151 Å². The van der Waals surface area contributed by atoms with Gasteiger partial charge in [-0.05, 0) is 24.3 Å². The smallest absolute Gasteiger partial charge is 0.422 e. The fourth-order valence-electron chi connectivity index (χ4n) is 1.90. The van der Waals surface area contributed by atoms with Crippen molar-refractivity contribution in [2.75, 3.05) is 20.8 Å². The van der Waals surface area contributed by atoms with E-state index in [1.807, 2.05) is 0 Å². The molecule has 0 N–H and O–H groups in total. The van der Waals surface area contributed by atoms with Gasteiger partial charge in [-0.3, -0.25) is 0 Å². The molecule has 0 aliphatic heterocycles. The Morgan fingerprint density at radius 2 is 1.70 bits per heavy atom. The van der Waals surface area contributed by atoms with Crippen molar-refractivity contribution in [3.8, 4) is 17.4 Å². The molecule has 0 amide bonds. The summed E-state index contributed by atoms with van der Waals surface area (Å²) in [7, 11) is 2.54. The van der Waals surface area contributed by atoms with Crippen LogP contribution in [0.25, 0.3) is 0 Å². The second-order valence-corrected chi connectivity index (χ2v) is 5.04. The van der Waals surface area contributed by atoms with Crippen LogP contribution in [0.3, 0.4) is 0 Å². The number of rotatable bonds is 6. The van der Waals surface area contributed by atoms with Crippen molar-refractivity contribution in [3.63, 3.8) is 0 Å². The lowest BCUT2D eigenvalue weighted by Crippen LogP contribution is -2.19. The lowest BCUT2D eigenvalue weighted by Gasteiger charge is -2.11. The zero-order chi connectivity index (χ0) is 20.0. The van der Waals surface area contributed by atoms with Crippen LogP contribution in [0.5, 0.6) is 17.4 Å². The Kier molecular flexibility index (Phi) is 6.22. The third-order valence-corrected chi connectivity index (χ3v) is 3.14. The molecular weight excluding hydrogens is 371 g/mol. The van der Waals surface area contributed by atoms with Gasteiger partial charge in [0.2, 0.25) is 5.88 Å². The number of ether oxygens (including phenoxy) is 4. The molecule has 0 fully saturated rings. The number of aromatic nitrogens is 1. The molecule has 27 heavy (non-hydrogen) atoms. The highest BCUT2D eigenvalue weighted by molar-refractivity contribution is 5.92. The van der Waals surface area contributed by atoms with Gasteiger partial charge in [-0.15, -0.1) is 0 Å². The summed E-state index contributed by atoms with van der Waals surface area (Å²) in [5.74, 6) is -1.56. The minimum absolute atomic E-state index is 0.0199. The second kappa shape index (κ2) is 8.39. The molecular formula is C17H14F3NO6. The minimum atomic E-state index is -4.49. The molecule has 0 saturated carbocycles. The van der Waals surface area contributed by atoms with Gasteiger partial charge in [0.25, 0.3) is 0 Å². The lowest BCUT2D eigenvalue weighted by atomic mass is 10.2. The Morgan fingerprint density at radius 1 is 1.00 bits per heavy atom. The van der Waals surface area contributed by atoms with E-state index >= 15 is 0 Å². The predicted molar refractivity (Wildman–Crippen MR) is 85.1 cm³/mol. The van der Waals surface area contributed by atoms with Crippen molar-refractivity contribution < 1.29 is 41.7 Å². The zero-order valence-corrected chi connectivity index (χ0v) is 14.2. The standard InChI is InChI=1S/C17H14F3NO6/c1-24-13-7-10(15(22)25-2)3-5-12(13)27-16(23)11-4-6-14(21-8-11)26-9-17(18,19)20/h3-8H,9H2,1-2H3. The van der Waals surface area contributed by atoms with Crippen LogP contribution < -0.4 is 14.2 Å². The summed E-state index contributed by atoms with van der Waals surface area (Å²) >= 11 is 0. The molecule has 2 aromatic rings. The van der Waals surface area contributed by atoms with Gasteiger partial charge < -0.3 is 18.9 Å². The van der Waals surface area contributed by atoms with E-state index in [0.29, 0.717) is 0 Å². The number of benzene rings is 1. The van der Waals surface area contributed by atoms with Gasteiger partial charge in [-0.2, -0.15) is 13.2 Å². The summed E-state index contributed by atoms with van der Waals surface area (Å²) < 4.78 is 55.6. The van der Waals surface area contributed by atoms with Crippen molar-refractivity contribution in [3.05, 3.63) is 47.7 Å². The molecule has 0 bridgehead atoms. The van der Waals surface area contributed by atoms with Crippen LogP contribution in [0.2, 0.25) is 0 Å². The Morgan fingerprint density at radius 3 is 2.26 bits per heavy atom. The van der Waals surface area contributed by atoms with Crippen LogP contribution in [-0.2, 0) is 4.74 Å². The van der Waals surface area contributed by atoms with E-state index in [1.54, 1.807) is 0 Å². The predicted octanol–water partition coefficient (Wildman–Crippen LogP) is 3.04. The van der Waals surface area contributed by atoms with Crippen LogP contribution in [0.1, 0.15) is 20.7 Å². The van der Waals surface area contributed by atoms with Crippen LogP contribution in [0, 0.1) is 0 Å². The average Bonchev–Trinajstić information content (AvgIpc) is 2.65. The van der Waals surface area contributed by atoms with Crippen molar-refractivity contribution >= 4 is 11.9 Å². The zero-order valence-electron chi connectivity index (χ0n) is 14.2. The summed E-state index contributed by atoms with van der Waals surface area (Å²) in [5, 5.41) is 0. The maximum absolute atomic E-state index is 12.2. The molecule has 0 saturated heterocycles. The number of carbonyl (C=O) groups is 2. The molecule has 1 aromatic heterocycles. The number of methoxy groups -OCH3 is 2. The van der Waals surface area contributed by atoms with Gasteiger partial charge in [0, 0.05) is 12.3 Å². The molecule has 0 unspecified atom stereocenters.